The van der Waals surface area contributed by atoms with Gasteiger partial charge in [0.25, 0.3) is 0 Å². The number of primary amides is 1. The lowest BCUT2D eigenvalue weighted by molar-refractivity contribution is -0.123. The molecule has 1 fully saturated rings. The van der Waals surface area contributed by atoms with Crippen LogP contribution in [0.2, 0.25) is 0 Å². The second-order valence-corrected chi connectivity index (χ2v) is 7.23. The molecule has 0 heterocycles. The fraction of sp³-hybridized carbons (Fsp3) is 0.867. The van der Waals surface area contributed by atoms with E-state index in [1.54, 1.807) is 11.8 Å². The van der Waals surface area contributed by atoms with Crippen LogP contribution in [-0.2, 0) is 4.79 Å². The molecule has 0 aliphatic heterocycles. The second-order valence-electron chi connectivity index (χ2n) is 6.24. The predicted octanol–water partition coefficient (Wildman–Crippen LogP) is 1.16. The highest BCUT2D eigenvalue weighted by molar-refractivity contribution is 7.98. The Labute approximate surface area is 137 Å². The summed E-state index contributed by atoms with van der Waals surface area (Å²) in [6.45, 7) is 0.620. The van der Waals surface area contributed by atoms with Crippen molar-refractivity contribution in [2.24, 2.45) is 5.73 Å². The van der Waals surface area contributed by atoms with Crippen LogP contribution in [0.3, 0.4) is 0 Å². The number of carbonyl (C=O) groups is 2. The Morgan fingerprint density at radius 2 is 1.91 bits per heavy atom. The summed E-state index contributed by atoms with van der Waals surface area (Å²) in [6.07, 6.45) is 8.42. The van der Waals surface area contributed by atoms with Crippen molar-refractivity contribution < 1.29 is 9.59 Å². The molecule has 1 atom stereocenters. The average molecular weight is 330 g/mol. The van der Waals surface area contributed by atoms with Gasteiger partial charge in [-0.05, 0) is 45.4 Å². The third kappa shape index (κ3) is 5.68. The molecule has 1 rings (SSSR count). The van der Waals surface area contributed by atoms with Gasteiger partial charge in [0.1, 0.15) is 6.04 Å². The Morgan fingerprint density at radius 1 is 1.27 bits per heavy atom. The zero-order valence-corrected chi connectivity index (χ0v) is 14.8. The van der Waals surface area contributed by atoms with Crippen LogP contribution in [0.25, 0.3) is 0 Å². The Morgan fingerprint density at radius 3 is 2.41 bits per heavy atom. The Balaban J connectivity index is 2.61. The summed E-state index contributed by atoms with van der Waals surface area (Å²) in [7, 11) is 4.15. The van der Waals surface area contributed by atoms with E-state index < -0.39 is 12.1 Å². The maximum Gasteiger partial charge on any atom is 0.312 e. The number of rotatable bonds is 8. The first kappa shape index (κ1) is 19.1. The lowest BCUT2D eigenvalue weighted by Crippen LogP contribution is -2.57. The molecule has 1 saturated carbocycles. The molecule has 0 bridgehead atoms. The van der Waals surface area contributed by atoms with E-state index in [4.69, 9.17) is 5.73 Å². The molecule has 1 aliphatic carbocycles. The number of nitrogens with one attached hydrogen (secondary N) is 2. The summed E-state index contributed by atoms with van der Waals surface area (Å²) in [5, 5.41) is 5.57. The number of hydrogen-bond acceptors (Lipinski definition) is 4. The molecule has 7 heteroatoms. The summed E-state index contributed by atoms with van der Waals surface area (Å²) in [5.41, 5.74) is 5.20. The smallest absolute Gasteiger partial charge is 0.312 e. The molecule has 0 aromatic carbocycles. The highest BCUT2D eigenvalue weighted by Gasteiger charge is 2.35. The zero-order chi connectivity index (χ0) is 16.6. The molecule has 3 amide bonds. The number of urea groups is 1. The average Bonchev–Trinajstić information content (AvgIpc) is 2.49. The number of likely N-dealkylation sites (N-methyl/N-ethyl adjacent to an activating group) is 1. The third-order valence-corrected chi connectivity index (χ3v) is 5.21. The number of carbonyl (C=O) groups excluding carboxylic acids is 2. The van der Waals surface area contributed by atoms with Crippen LogP contribution in [0.1, 0.15) is 38.5 Å². The van der Waals surface area contributed by atoms with Gasteiger partial charge in [-0.1, -0.05) is 19.3 Å². The monoisotopic (exact) mass is 330 g/mol. The summed E-state index contributed by atoms with van der Waals surface area (Å²) in [4.78, 5) is 25.7. The van der Waals surface area contributed by atoms with Gasteiger partial charge in [-0.3, -0.25) is 4.79 Å². The zero-order valence-electron chi connectivity index (χ0n) is 14.0. The maximum absolute atomic E-state index is 12.4. The standard InChI is InChI=1S/C15H30N4O2S/c1-19(2)15(8-5-4-6-9-15)11-17-13(20)12(7-10-22-3)18-14(16)21/h12H,4-11H2,1-3H3,(H,17,20)(H3,16,18,21)/t12-/m0/s1. The minimum atomic E-state index is -0.652. The minimum Gasteiger partial charge on any atom is -0.352 e. The molecular weight excluding hydrogens is 300 g/mol. The summed E-state index contributed by atoms with van der Waals surface area (Å²) < 4.78 is 0. The van der Waals surface area contributed by atoms with Crippen molar-refractivity contribution in [2.75, 3.05) is 32.6 Å². The predicted molar refractivity (Wildman–Crippen MR) is 92.0 cm³/mol. The molecular formula is C15H30N4O2S. The molecule has 0 radical (unpaired) electrons. The molecule has 0 saturated heterocycles. The number of nitrogens with zero attached hydrogens (tertiary/aromatic N) is 1. The van der Waals surface area contributed by atoms with Crippen molar-refractivity contribution in [1.82, 2.24) is 15.5 Å². The van der Waals surface area contributed by atoms with Gasteiger partial charge >= 0.3 is 6.03 Å². The second kappa shape index (κ2) is 9.25. The van der Waals surface area contributed by atoms with Crippen LogP contribution in [0.15, 0.2) is 0 Å². The van der Waals surface area contributed by atoms with E-state index in [0.717, 1.165) is 18.6 Å². The molecule has 128 valence electrons. The van der Waals surface area contributed by atoms with Crippen molar-refractivity contribution >= 4 is 23.7 Å². The van der Waals surface area contributed by atoms with Gasteiger partial charge in [0.2, 0.25) is 5.91 Å². The Kier molecular flexibility index (Phi) is 8.03. The van der Waals surface area contributed by atoms with Crippen LogP contribution in [0, 0.1) is 0 Å². The minimum absolute atomic E-state index is 0.0324. The van der Waals surface area contributed by atoms with E-state index in [1.165, 1.54) is 19.3 Å². The van der Waals surface area contributed by atoms with Gasteiger partial charge in [-0.25, -0.2) is 4.79 Å². The van der Waals surface area contributed by atoms with Crippen LogP contribution in [-0.4, -0.2) is 61.1 Å². The molecule has 6 nitrogen and oxygen atoms in total. The molecule has 4 N–H and O–H groups in total. The topological polar surface area (TPSA) is 87.5 Å². The largest absolute Gasteiger partial charge is 0.352 e. The lowest BCUT2D eigenvalue weighted by atomic mass is 9.80. The summed E-state index contributed by atoms with van der Waals surface area (Å²) >= 11 is 1.64. The number of hydrogen-bond donors (Lipinski definition) is 3. The number of thioether (sulfide) groups is 1. The third-order valence-electron chi connectivity index (χ3n) is 4.57. The molecule has 0 unspecified atom stereocenters. The fourth-order valence-electron chi connectivity index (χ4n) is 3.04. The first-order chi connectivity index (χ1) is 10.4. The van der Waals surface area contributed by atoms with Crippen LogP contribution >= 0.6 is 11.8 Å². The first-order valence-corrected chi connectivity index (χ1v) is 9.31. The van der Waals surface area contributed by atoms with Gasteiger partial charge in [0.15, 0.2) is 0 Å². The lowest BCUT2D eigenvalue weighted by Gasteiger charge is -2.43. The van der Waals surface area contributed by atoms with Gasteiger partial charge in [0, 0.05) is 12.1 Å². The number of nitrogens with two attached hydrogens (primary N) is 1. The maximum atomic E-state index is 12.4. The Hall–Kier alpha value is -0.950. The van der Waals surface area contributed by atoms with Crippen molar-refractivity contribution in [3.63, 3.8) is 0 Å². The molecule has 1 aliphatic rings. The SMILES string of the molecule is CSCC[C@H](NC(N)=O)C(=O)NCC1(N(C)C)CCCCC1. The highest BCUT2D eigenvalue weighted by Crippen LogP contribution is 2.31. The van der Waals surface area contributed by atoms with E-state index in [0.29, 0.717) is 13.0 Å². The van der Waals surface area contributed by atoms with Crippen molar-refractivity contribution in [1.29, 1.82) is 0 Å². The van der Waals surface area contributed by atoms with Gasteiger partial charge in [-0.2, -0.15) is 11.8 Å². The van der Waals surface area contributed by atoms with Crippen molar-refractivity contribution in [3.8, 4) is 0 Å². The normalized spacial score (nSPS) is 18.7. The van der Waals surface area contributed by atoms with E-state index in [2.05, 4.69) is 29.6 Å². The van der Waals surface area contributed by atoms with E-state index in [-0.39, 0.29) is 11.4 Å². The van der Waals surface area contributed by atoms with Crippen LogP contribution < -0.4 is 16.4 Å². The number of amides is 3. The van der Waals surface area contributed by atoms with Gasteiger partial charge in [-0.15, -0.1) is 0 Å². The van der Waals surface area contributed by atoms with E-state index in [9.17, 15) is 9.59 Å². The summed E-state index contributed by atoms with van der Waals surface area (Å²) in [5.74, 6) is 0.664. The van der Waals surface area contributed by atoms with Crippen LogP contribution in [0.5, 0.6) is 0 Å². The Bertz CT molecular complexity index is 371. The van der Waals surface area contributed by atoms with Gasteiger partial charge < -0.3 is 21.3 Å². The first-order valence-electron chi connectivity index (χ1n) is 7.91. The highest BCUT2D eigenvalue weighted by atomic mass is 32.2. The fourth-order valence-corrected chi connectivity index (χ4v) is 3.51. The molecule has 0 aromatic rings. The molecule has 0 spiro atoms. The van der Waals surface area contributed by atoms with E-state index >= 15 is 0 Å². The van der Waals surface area contributed by atoms with Crippen molar-refractivity contribution in [3.05, 3.63) is 0 Å². The van der Waals surface area contributed by atoms with Crippen molar-refractivity contribution in [2.45, 2.75) is 50.1 Å². The quantitative estimate of drug-likeness (QED) is 0.623. The van der Waals surface area contributed by atoms with Gasteiger partial charge in [0.05, 0.1) is 0 Å². The van der Waals surface area contributed by atoms with E-state index in [1.807, 2.05) is 6.26 Å². The molecule has 22 heavy (non-hydrogen) atoms. The summed E-state index contributed by atoms with van der Waals surface area (Å²) in [6, 6.07) is -1.20. The van der Waals surface area contributed by atoms with Crippen LogP contribution in [0.4, 0.5) is 4.79 Å². The molecule has 0 aromatic heterocycles.